The Morgan fingerprint density at radius 1 is 1.00 bits per heavy atom. The molecule has 2 amide bonds. The molecule has 0 unspecified atom stereocenters. The minimum Gasteiger partial charge on any atom is -0.352 e. The number of carbonyl (C=O) groups is 2. The van der Waals surface area contributed by atoms with Crippen LogP contribution in [-0.2, 0) is 22.6 Å². The van der Waals surface area contributed by atoms with E-state index in [-0.39, 0.29) is 17.9 Å². The van der Waals surface area contributed by atoms with Gasteiger partial charge in [-0.3, -0.25) is 9.59 Å². The molecule has 4 heteroatoms. The van der Waals surface area contributed by atoms with Crippen LogP contribution in [0.25, 0.3) is 0 Å². The highest BCUT2D eigenvalue weighted by atomic mass is 16.2. The highest BCUT2D eigenvalue weighted by molar-refractivity contribution is 5.88. The molecule has 1 aliphatic rings. The first-order valence-corrected chi connectivity index (χ1v) is 11.6. The molecule has 1 N–H and O–H groups in total. The number of rotatable bonds is 8. The van der Waals surface area contributed by atoms with Crippen molar-refractivity contribution in [2.45, 2.75) is 84.8 Å². The maximum Gasteiger partial charge on any atom is 0.243 e. The topological polar surface area (TPSA) is 49.4 Å². The Morgan fingerprint density at radius 2 is 1.68 bits per heavy atom. The number of carbonyl (C=O) groups excluding carboxylic acids is 2. The van der Waals surface area contributed by atoms with E-state index in [2.05, 4.69) is 42.6 Å². The SMILES string of the molecule is CC[C@@H](C(=O)NC1CCCC1)N(Cc1ccccc1C)C(=O)Cc1cc(C)ccc1C. The maximum absolute atomic E-state index is 13.6. The molecule has 0 spiro atoms. The van der Waals surface area contributed by atoms with Gasteiger partial charge in [0.1, 0.15) is 6.04 Å². The molecule has 1 atom stereocenters. The van der Waals surface area contributed by atoms with Crippen LogP contribution in [0.4, 0.5) is 0 Å². The quantitative estimate of drug-likeness (QED) is 0.652. The predicted molar refractivity (Wildman–Crippen MR) is 126 cm³/mol. The summed E-state index contributed by atoms with van der Waals surface area (Å²) in [5.74, 6) is -0.0114. The highest BCUT2D eigenvalue weighted by Crippen LogP contribution is 2.21. The minimum atomic E-state index is -0.460. The second kappa shape index (κ2) is 10.6. The van der Waals surface area contributed by atoms with Crippen molar-refractivity contribution in [3.8, 4) is 0 Å². The molecule has 0 saturated heterocycles. The van der Waals surface area contributed by atoms with Crippen LogP contribution in [0.2, 0.25) is 0 Å². The molecule has 3 rings (SSSR count). The number of aryl methyl sites for hydroxylation is 3. The Balaban J connectivity index is 1.86. The largest absolute Gasteiger partial charge is 0.352 e. The van der Waals surface area contributed by atoms with Crippen molar-refractivity contribution in [2.75, 3.05) is 0 Å². The molecule has 0 aliphatic heterocycles. The number of amides is 2. The van der Waals surface area contributed by atoms with E-state index in [4.69, 9.17) is 0 Å². The normalized spacial score (nSPS) is 15.0. The van der Waals surface area contributed by atoms with Gasteiger partial charge >= 0.3 is 0 Å². The first-order chi connectivity index (χ1) is 14.9. The molecule has 0 bridgehead atoms. The van der Waals surface area contributed by atoms with Crippen molar-refractivity contribution < 1.29 is 9.59 Å². The summed E-state index contributed by atoms with van der Waals surface area (Å²) in [5.41, 5.74) is 5.51. The Labute approximate surface area is 187 Å². The van der Waals surface area contributed by atoms with Gasteiger partial charge in [0.05, 0.1) is 6.42 Å². The van der Waals surface area contributed by atoms with E-state index in [1.807, 2.05) is 32.9 Å². The van der Waals surface area contributed by atoms with Gasteiger partial charge in [0, 0.05) is 12.6 Å². The van der Waals surface area contributed by atoms with Crippen LogP contribution in [-0.4, -0.2) is 28.8 Å². The van der Waals surface area contributed by atoms with Gasteiger partial charge in [-0.05, 0) is 62.3 Å². The lowest BCUT2D eigenvalue weighted by atomic mass is 10.0. The molecule has 2 aromatic rings. The fourth-order valence-electron chi connectivity index (χ4n) is 4.51. The number of hydrogen-bond acceptors (Lipinski definition) is 2. The van der Waals surface area contributed by atoms with E-state index >= 15 is 0 Å². The first-order valence-electron chi connectivity index (χ1n) is 11.6. The Kier molecular flexibility index (Phi) is 7.89. The van der Waals surface area contributed by atoms with Crippen molar-refractivity contribution in [2.24, 2.45) is 0 Å². The van der Waals surface area contributed by atoms with E-state index in [1.165, 1.54) is 12.8 Å². The van der Waals surface area contributed by atoms with Crippen molar-refractivity contribution in [3.63, 3.8) is 0 Å². The van der Waals surface area contributed by atoms with Crippen molar-refractivity contribution in [3.05, 3.63) is 70.3 Å². The van der Waals surface area contributed by atoms with Crippen molar-refractivity contribution >= 4 is 11.8 Å². The lowest BCUT2D eigenvalue weighted by Crippen LogP contribution is -2.51. The summed E-state index contributed by atoms with van der Waals surface area (Å²) in [7, 11) is 0. The van der Waals surface area contributed by atoms with E-state index in [0.717, 1.165) is 40.7 Å². The summed E-state index contributed by atoms with van der Waals surface area (Å²) in [6.45, 7) is 8.59. The zero-order chi connectivity index (χ0) is 22.4. The second-order valence-electron chi connectivity index (χ2n) is 8.97. The molecule has 0 heterocycles. The summed E-state index contributed by atoms with van der Waals surface area (Å²) in [4.78, 5) is 28.6. The van der Waals surface area contributed by atoms with Gasteiger partial charge in [-0.1, -0.05) is 67.8 Å². The Bertz CT molecular complexity index is 915. The Morgan fingerprint density at radius 3 is 2.35 bits per heavy atom. The lowest BCUT2D eigenvalue weighted by Gasteiger charge is -2.32. The van der Waals surface area contributed by atoms with Gasteiger partial charge in [0.2, 0.25) is 11.8 Å². The molecular formula is C27H36N2O2. The van der Waals surface area contributed by atoms with Crippen LogP contribution in [0.1, 0.15) is 66.8 Å². The fourth-order valence-corrected chi connectivity index (χ4v) is 4.51. The number of nitrogens with zero attached hydrogens (tertiary/aromatic N) is 1. The number of hydrogen-bond donors (Lipinski definition) is 1. The molecule has 4 nitrogen and oxygen atoms in total. The van der Waals surface area contributed by atoms with Crippen molar-refractivity contribution in [1.82, 2.24) is 10.2 Å². The fraction of sp³-hybridized carbons (Fsp3) is 0.481. The highest BCUT2D eigenvalue weighted by Gasteiger charge is 2.31. The summed E-state index contributed by atoms with van der Waals surface area (Å²) in [5, 5.41) is 3.22. The monoisotopic (exact) mass is 420 g/mol. The van der Waals surface area contributed by atoms with Gasteiger partial charge in [0.15, 0.2) is 0 Å². The smallest absolute Gasteiger partial charge is 0.243 e. The van der Waals surface area contributed by atoms with Crippen LogP contribution >= 0.6 is 0 Å². The van der Waals surface area contributed by atoms with Gasteiger partial charge in [0.25, 0.3) is 0 Å². The van der Waals surface area contributed by atoms with E-state index in [1.54, 1.807) is 4.90 Å². The molecule has 166 valence electrons. The first kappa shape index (κ1) is 23.1. The molecule has 0 aromatic heterocycles. The van der Waals surface area contributed by atoms with Crippen molar-refractivity contribution in [1.29, 1.82) is 0 Å². The van der Waals surface area contributed by atoms with Gasteiger partial charge in [-0.25, -0.2) is 0 Å². The average Bonchev–Trinajstić information content (AvgIpc) is 3.25. The third kappa shape index (κ3) is 5.96. The molecule has 1 fully saturated rings. The van der Waals surface area contributed by atoms with Gasteiger partial charge in [-0.2, -0.15) is 0 Å². The molecule has 31 heavy (non-hydrogen) atoms. The molecule has 0 radical (unpaired) electrons. The third-order valence-corrected chi connectivity index (χ3v) is 6.54. The van der Waals surface area contributed by atoms with E-state index in [0.29, 0.717) is 19.4 Å². The molecule has 2 aromatic carbocycles. The zero-order valence-electron chi connectivity index (χ0n) is 19.4. The summed E-state index contributed by atoms with van der Waals surface area (Å²) >= 11 is 0. The predicted octanol–water partition coefficient (Wildman–Crippen LogP) is 5.02. The lowest BCUT2D eigenvalue weighted by molar-refractivity contribution is -0.141. The van der Waals surface area contributed by atoms with E-state index in [9.17, 15) is 9.59 Å². The standard InChI is InChI=1S/C27H36N2O2/c1-5-25(27(31)28-24-12-8-9-13-24)29(18-22-11-7-6-10-20(22)3)26(30)17-23-16-19(2)14-15-21(23)4/h6-7,10-11,14-16,24-25H,5,8-9,12-13,17-18H2,1-4H3,(H,28,31)/t25-/m0/s1. The van der Waals surface area contributed by atoms with E-state index < -0.39 is 6.04 Å². The molecular weight excluding hydrogens is 384 g/mol. The second-order valence-corrected chi connectivity index (χ2v) is 8.97. The zero-order valence-corrected chi connectivity index (χ0v) is 19.4. The summed E-state index contributed by atoms with van der Waals surface area (Å²) in [6, 6.07) is 14.1. The van der Waals surface area contributed by atoms with Gasteiger partial charge < -0.3 is 10.2 Å². The van der Waals surface area contributed by atoms with Gasteiger partial charge in [-0.15, -0.1) is 0 Å². The van der Waals surface area contributed by atoms with Crippen LogP contribution < -0.4 is 5.32 Å². The van der Waals surface area contributed by atoms with Crippen LogP contribution in [0.3, 0.4) is 0 Å². The number of nitrogens with one attached hydrogen (secondary N) is 1. The Hall–Kier alpha value is -2.62. The summed E-state index contributed by atoms with van der Waals surface area (Å²) < 4.78 is 0. The van der Waals surface area contributed by atoms with Crippen LogP contribution in [0.15, 0.2) is 42.5 Å². The molecule has 1 saturated carbocycles. The number of benzene rings is 2. The molecule has 1 aliphatic carbocycles. The average molecular weight is 421 g/mol. The van der Waals surface area contributed by atoms with Crippen LogP contribution in [0, 0.1) is 20.8 Å². The third-order valence-electron chi connectivity index (χ3n) is 6.54. The van der Waals surface area contributed by atoms with Crippen LogP contribution in [0.5, 0.6) is 0 Å². The maximum atomic E-state index is 13.6. The minimum absolute atomic E-state index is 0.00498. The summed E-state index contributed by atoms with van der Waals surface area (Å²) in [6.07, 6.45) is 5.32.